The molecule has 0 saturated heterocycles. The summed E-state index contributed by atoms with van der Waals surface area (Å²) in [5.41, 5.74) is 3.01. The van der Waals surface area contributed by atoms with Crippen LogP contribution in [0.1, 0.15) is 23.6 Å². The first-order valence-corrected chi connectivity index (χ1v) is 9.97. The number of fused-ring (bicyclic) bond motifs is 1. The summed E-state index contributed by atoms with van der Waals surface area (Å²) in [5.74, 6) is 1.13. The first kappa shape index (κ1) is 21.5. The van der Waals surface area contributed by atoms with E-state index in [1.807, 2.05) is 57.2 Å². The van der Waals surface area contributed by atoms with Crippen LogP contribution >= 0.6 is 0 Å². The summed E-state index contributed by atoms with van der Waals surface area (Å²) in [4.78, 5) is 26.1. The summed E-state index contributed by atoms with van der Waals surface area (Å²) in [5, 5.41) is 0. The minimum atomic E-state index is -0.585. The maximum Gasteiger partial charge on any atom is 0.344 e. The van der Waals surface area contributed by atoms with Crippen molar-refractivity contribution in [3.8, 4) is 17.2 Å². The van der Waals surface area contributed by atoms with Crippen LogP contribution in [0.4, 0.5) is 0 Å². The molecule has 0 spiro atoms. The van der Waals surface area contributed by atoms with Crippen LogP contribution in [0.2, 0.25) is 0 Å². The topological polar surface area (TPSA) is 74.3 Å². The minimum absolute atomic E-state index is 0.246. The zero-order valence-electron chi connectivity index (χ0n) is 17.6. The number of carbonyl (C=O) groups excluding carboxylic acids is 2. The smallest absolute Gasteiger partial charge is 0.344 e. The van der Waals surface area contributed by atoms with Gasteiger partial charge >= 0.3 is 5.97 Å². The molecule has 0 aromatic heterocycles. The maximum atomic E-state index is 12.5. The highest BCUT2D eigenvalue weighted by molar-refractivity contribution is 5.81. The molecule has 3 rings (SSSR count). The van der Waals surface area contributed by atoms with Gasteiger partial charge in [-0.1, -0.05) is 12.1 Å². The van der Waals surface area contributed by atoms with E-state index in [1.165, 1.54) is 0 Å². The van der Waals surface area contributed by atoms with Gasteiger partial charge in [-0.3, -0.25) is 4.79 Å². The van der Waals surface area contributed by atoms with Crippen LogP contribution in [0, 0.1) is 13.8 Å². The molecule has 1 heterocycles. The Kier molecular flexibility index (Phi) is 7.17. The van der Waals surface area contributed by atoms with Gasteiger partial charge in [-0.25, -0.2) is 4.79 Å². The van der Waals surface area contributed by atoms with Gasteiger partial charge in [-0.05, 0) is 61.7 Å². The molecule has 0 fully saturated rings. The third kappa shape index (κ3) is 5.89. The quantitative estimate of drug-likeness (QED) is 0.620. The summed E-state index contributed by atoms with van der Waals surface area (Å²) >= 11 is 0. The van der Waals surface area contributed by atoms with E-state index in [0.717, 1.165) is 16.7 Å². The molecule has 1 aliphatic rings. The lowest BCUT2D eigenvalue weighted by Crippen LogP contribution is -2.34. The predicted molar refractivity (Wildman–Crippen MR) is 111 cm³/mol. The summed E-state index contributed by atoms with van der Waals surface area (Å²) in [6.07, 6.45) is 0. The molecule has 0 bridgehead atoms. The highest BCUT2D eigenvalue weighted by atomic mass is 16.6. The third-order valence-electron chi connectivity index (χ3n) is 4.62. The van der Waals surface area contributed by atoms with Crippen molar-refractivity contribution in [1.29, 1.82) is 0 Å². The van der Waals surface area contributed by atoms with E-state index in [2.05, 4.69) is 0 Å². The van der Waals surface area contributed by atoms with E-state index >= 15 is 0 Å². The third-order valence-corrected chi connectivity index (χ3v) is 4.62. The van der Waals surface area contributed by atoms with Crippen LogP contribution < -0.4 is 14.2 Å². The van der Waals surface area contributed by atoms with Crippen molar-refractivity contribution in [2.45, 2.75) is 27.3 Å². The molecule has 0 N–H and O–H groups in total. The average Bonchev–Trinajstić information content (AvgIpc) is 2.73. The standard InChI is InChI=1S/C23H27NO6/c1-4-24(13-18-5-6-20-21(12-18)28-8-7-27-20)22(25)14-30-23(26)15-29-19-10-16(2)9-17(3)11-19/h5-6,9-12H,4,7-8,13-15H2,1-3H3. The van der Waals surface area contributed by atoms with E-state index in [-0.39, 0.29) is 19.1 Å². The summed E-state index contributed by atoms with van der Waals surface area (Å²) < 4.78 is 21.7. The second-order valence-corrected chi connectivity index (χ2v) is 7.16. The van der Waals surface area contributed by atoms with E-state index in [4.69, 9.17) is 18.9 Å². The van der Waals surface area contributed by atoms with Crippen LogP contribution in [0.15, 0.2) is 36.4 Å². The number of benzene rings is 2. The van der Waals surface area contributed by atoms with Gasteiger partial charge < -0.3 is 23.8 Å². The fourth-order valence-corrected chi connectivity index (χ4v) is 3.22. The fraction of sp³-hybridized carbons (Fsp3) is 0.391. The van der Waals surface area contributed by atoms with Crippen molar-refractivity contribution in [1.82, 2.24) is 4.90 Å². The summed E-state index contributed by atoms with van der Waals surface area (Å²) in [7, 11) is 0. The molecule has 0 unspecified atom stereocenters. The number of likely N-dealkylation sites (N-methyl/N-ethyl adjacent to an activating group) is 1. The molecule has 1 amide bonds. The van der Waals surface area contributed by atoms with E-state index in [1.54, 1.807) is 4.90 Å². The lowest BCUT2D eigenvalue weighted by Gasteiger charge is -2.23. The molecule has 0 saturated carbocycles. The van der Waals surface area contributed by atoms with Crippen molar-refractivity contribution in [3.63, 3.8) is 0 Å². The highest BCUT2D eigenvalue weighted by Gasteiger charge is 2.17. The largest absolute Gasteiger partial charge is 0.486 e. The summed E-state index contributed by atoms with van der Waals surface area (Å²) in [6, 6.07) is 11.3. The molecule has 7 heteroatoms. The Bertz CT molecular complexity index is 890. The molecule has 30 heavy (non-hydrogen) atoms. The number of ether oxygens (including phenoxy) is 4. The lowest BCUT2D eigenvalue weighted by atomic mass is 10.1. The van der Waals surface area contributed by atoms with Crippen molar-refractivity contribution in [3.05, 3.63) is 53.1 Å². The number of hydrogen-bond donors (Lipinski definition) is 0. The van der Waals surface area contributed by atoms with Gasteiger partial charge in [-0.15, -0.1) is 0 Å². The first-order valence-electron chi connectivity index (χ1n) is 9.97. The maximum absolute atomic E-state index is 12.5. The Morgan fingerprint density at radius 3 is 2.37 bits per heavy atom. The molecule has 0 atom stereocenters. The molecule has 0 aliphatic carbocycles. The van der Waals surface area contributed by atoms with Crippen molar-refractivity contribution in [2.24, 2.45) is 0 Å². The van der Waals surface area contributed by atoms with Crippen LogP contribution in [0.3, 0.4) is 0 Å². The zero-order valence-corrected chi connectivity index (χ0v) is 17.6. The Labute approximate surface area is 176 Å². The minimum Gasteiger partial charge on any atom is -0.486 e. The normalized spacial score (nSPS) is 12.2. The Morgan fingerprint density at radius 1 is 0.967 bits per heavy atom. The van der Waals surface area contributed by atoms with Crippen LogP contribution in [0.25, 0.3) is 0 Å². The predicted octanol–water partition coefficient (Wildman–Crippen LogP) is 3.05. The number of hydrogen-bond acceptors (Lipinski definition) is 6. The Morgan fingerprint density at radius 2 is 1.67 bits per heavy atom. The van der Waals surface area contributed by atoms with Gasteiger partial charge in [0.15, 0.2) is 24.7 Å². The zero-order chi connectivity index (χ0) is 21.5. The molecule has 7 nitrogen and oxygen atoms in total. The average molecular weight is 413 g/mol. The monoisotopic (exact) mass is 413 g/mol. The highest BCUT2D eigenvalue weighted by Crippen LogP contribution is 2.31. The van der Waals surface area contributed by atoms with Gasteiger partial charge in [0, 0.05) is 13.1 Å². The van der Waals surface area contributed by atoms with Gasteiger partial charge in [0.25, 0.3) is 5.91 Å². The molecule has 2 aromatic rings. The van der Waals surface area contributed by atoms with Crippen molar-refractivity contribution in [2.75, 3.05) is 33.0 Å². The van der Waals surface area contributed by atoms with Crippen LogP contribution in [0.5, 0.6) is 17.2 Å². The Balaban J connectivity index is 1.48. The molecule has 160 valence electrons. The van der Waals surface area contributed by atoms with Gasteiger partial charge in [0.05, 0.1) is 0 Å². The van der Waals surface area contributed by atoms with Crippen LogP contribution in [-0.4, -0.2) is 49.7 Å². The molecule has 1 aliphatic heterocycles. The van der Waals surface area contributed by atoms with Gasteiger partial charge in [-0.2, -0.15) is 0 Å². The number of rotatable bonds is 8. The molecular weight excluding hydrogens is 386 g/mol. The van der Waals surface area contributed by atoms with Crippen molar-refractivity contribution >= 4 is 11.9 Å². The second-order valence-electron chi connectivity index (χ2n) is 7.16. The number of nitrogens with zero attached hydrogens (tertiary/aromatic N) is 1. The Hall–Kier alpha value is -3.22. The number of aryl methyl sites for hydroxylation is 2. The number of carbonyl (C=O) groups is 2. The van der Waals surface area contributed by atoms with E-state index in [9.17, 15) is 9.59 Å². The van der Waals surface area contributed by atoms with E-state index < -0.39 is 5.97 Å². The second kappa shape index (κ2) is 10.0. The van der Waals surface area contributed by atoms with Crippen molar-refractivity contribution < 1.29 is 28.5 Å². The molecule has 2 aromatic carbocycles. The first-order chi connectivity index (χ1) is 14.4. The molecular formula is C23H27NO6. The fourth-order valence-electron chi connectivity index (χ4n) is 3.22. The van der Waals surface area contributed by atoms with Gasteiger partial charge in [0.2, 0.25) is 0 Å². The SMILES string of the molecule is CCN(Cc1ccc2c(c1)OCCO2)C(=O)COC(=O)COc1cc(C)cc(C)c1. The lowest BCUT2D eigenvalue weighted by molar-refractivity contribution is -0.153. The van der Waals surface area contributed by atoms with Crippen LogP contribution in [-0.2, 0) is 20.9 Å². The summed E-state index contributed by atoms with van der Waals surface area (Å²) in [6.45, 7) is 7.14. The molecule has 0 radical (unpaired) electrons. The number of amides is 1. The van der Waals surface area contributed by atoms with Gasteiger partial charge in [0.1, 0.15) is 19.0 Å². The van der Waals surface area contributed by atoms with E-state index in [0.29, 0.717) is 43.6 Å². The number of esters is 1.